The Labute approximate surface area is 110 Å². The predicted molar refractivity (Wildman–Crippen MR) is 73.3 cm³/mol. The lowest BCUT2D eigenvalue weighted by molar-refractivity contribution is 0.0951. The molecule has 0 fully saturated rings. The Morgan fingerprint density at radius 3 is 2.53 bits per heavy atom. The van der Waals surface area contributed by atoms with E-state index >= 15 is 0 Å². The Hall–Kier alpha value is -2.62. The van der Waals surface area contributed by atoms with E-state index in [-0.39, 0.29) is 18.2 Å². The van der Waals surface area contributed by atoms with Crippen molar-refractivity contribution in [1.29, 1.82) is 0 Å². The normalized spacial score (nSPS) is 13.5. The summed E-state index contributed by atoms with van der Waals surface area (Å²) >= 11 is 0. The number of amides is 1. The molecule has 0 unspecified atom stereocenters. The average Bonchev–Trinajstić information content (AvgIpc) is 2.77. The smallest absolute Gasteiger partial charge is 0.260 e. The molecule has 0 atom stereocenters. The van der Waals surface area contributed by atoms with E-state index in [1.165, 1.54) is 4.90 Å². The summed E-state index contributed by atoms with van der Waals surface area (Å²) < 4.78 is 0. The van der Waals surface area contributed by atoms with Crippen LogP contribution in [0.1, 0.15) is 20.7 Å². The second-order valence-electron chi connectivity index (χ2n) is 4.42. The van der Waals surface area contributed by atoms with Crippen molar-refractivity contribution in [3.63, 3.8) is 0 Å². The van der Waals surface area contributed by atoms with Gasteiger partial charge in [0.25, 0.3) is 5.91 Å². The zero-order valence-electron chi connectivity index (χ0n) is 10.2. The van der Waals surface area contributed by atoms with E-state index in [4.69, 9.17) is 5.73 Å². The molecule has 0 aromatic heterocycles. The molecule has 1 aliphatic heterocycles. The molecule has 0 bridgehead atoms. The van der Waals surface area contributed by atoms with Gasteiger partial charge in [-0.25, -0.2) is 0 Å². The first-order chi connectivity index (χ1) is 9.18. The van der Waals surface area contributed by atoms with E-state index in [2.05, 4.69) is 0 Å². The van der Waals surface area contributed by atoms with E-state index in [9.17, 15) is 9.59 Å². The lowest BCUT2D eigenvalue weighted by atomic mass is 10.1. The maximum Gasteiger partial charge on any atom is 0.260 e. The van der Waals surface area contributed by atoms with Crippen molar-refractivity contribution in [3.05, 3.63) is 59.7 Å². The number of ketones is 1. The first-order valence-electron chi connectivity index (χ1n) is 5.97. The predicted octanol–water partition coefficient (Wildman–Crippen LogP) is 2.11. The molecule has 0 saturated carbocycles. The van der Waals surface area contributed by atoms with Gasteiger partial charge in [-0.1, -0.05) is 24.3 Å². The van der Waals surface area contributed by atoms with Crippen LogP contribution in [-0.4, -0.2) is 18.2 Å². The molecule has 19 heavy (non-hydrogen) atoms. The maximum atomic E-state index is 12.5. The van der Waals surface area contributed by atoms with Crippen LogP contribution in [0.25, 0.3) is 0 Å². The lowest BCUT2D eigenvalue weighted by Gasteiger charge is -2.17. The summed E-state index contributed by atoms with van der Waals surface area (Å²) in [6.45, 7) is 0.0759. The highest BCUT2D eigenvalue weighted by Crippen LogP contribution is 2.29. The highest BCUT2D eigenvalue weighted by molar-refractivity contribution is 6.20. The summed E-state index contributed by atoms with van der Waals surface area (Å²) in [5.41, 5.74) is 7.90. The van der Waals surface area contributed by atoms with Crippen LogP contribution < -0.4 is 10.6 Å². The minimum atomic E-state index is -0.239. The number of nitrogens with zero attached hydrogens (tertiary/aromatic N) is 1. The number of Topliss-reactive ketones (excluding diaryl/α,β-unsaturated/α-hetero) is 1. The zero-order valence-corrected chi connectivity index (χ0v) is 10.2. The van der Waals surface area contributed by atoms with Gasteiger partial charge in [0.05, 0.1) is 17.8 Å². The van der Waals surface area contributed by atoms with Gasteiger partial charge in [-0.05, 0) is 24.3 Å². The van der Waals surface area contributed by atoms with Crippen molar-refractivity contribution >= 4 is 23.1 Å². The first kappa shape index (κ1) is 11.5. The van der Waals surface area contributed by atoms with Gasteiger partial charge in [0.2, 0.25) is 0 Å². The number of anilines is 2. The summed E-state index contributed by atoms with van der Waals surface area (Å²) in [4.78, 5) is 25.8. The molecular weight excluding hydrogens is 240 g/mol. The number of hydrogen-bond donors (Lipinski definition) is 1. The van der Waals surface area contributed by atoms with Crippen molar-refractivity contribution < 1.29 is 9.59 Å². The van der Waals surface area contributed by atoms with Crippen LogP contribution in [0.4, 0.5) is 11.4 Å². The van der Waals surface area contributed by atoms with Gasteiger partial charge >= 0.3 is 0 Å². The largest absolute Gasteiger partial charge is 0.398 e. The number of fused-ring (bicyclic) bond motifs is 1. The SMILES string of the molecule is Nc1ccccc1C(=O)N1CC(=O)c2ccccc21. The highest BCUT2D eigenvalue weighted by Gasteiger charge is 2.31. The van der Waals surface area contributed by atoms with E-state index in [0.717, 1.165) is 0 Å². The summed E-state index contributed by atoms with van der Waals surface area (Å²) in [5, 5.41) is 0. The molecule has 0 spiro atoms. The Kier molecular flexibility index (Phi) is 2.56. The molecule has 3 rings (SSSR count). The molecule has 0 saturated heterocycles. The monoisotopic (exact) mass is 252 g/mol. The molecule has 4 nitrogen and oxygen atoms in total. The third-order valence-electron chi connectivity index (χ3n) is 3.23. The molecule has 2 aromatic carbocycles. The molecular formula is C15H12N2O2. The van der Waals surface area contributed by atoms with Gasteiger partial charge in [0, 0.05) is 11.3 Å². The van der Waals surface area contributed by atoms with Crippen molar-refractivity contribution in [2.45, 2.75) is 0 Å². The fourth-order valence-corrected chi connectivity index (χ4v) is 2.28. The van der Waals surface area contributed by atoms with Crippen LogP contribution >= 0.6 is 0 Å². The molecule has 2 aromatic rings. The first-order valence-corrected chi connectivity index (χ1v) is 5.97. The van der Waals surface area contributed by atoms with Gasteiger partial charge in [-0.15, -0.1) is 0 Å². The van der Waals surface area contributed by atoms with E-state index in [0.29, 0.717) is 22.5 Å². The number of rotatable bonds is 1. The fourth-order valence-electron chi connectivity index (χ4n) is 2.28. The highest BCUT2D eigenvalue weighted by atomic mass is 16.2. The number of benzene rings is 2. The molecule has 94 valence electrons. The Balaban J connectivity index is 2.04. The summed E-state index contributed by atoms with van der Waals surface area (Å²) in [6.07, 6.45) is 0. The number of nitrogen functional groups attached to an aromatic ring is 1. The van der Waals surface area contributed by atoms with Crippen molar-refractivity contribution in [1.82, 2.24) is 0 Å². The van der Waals surface area contributed by atoms with Crippen molar-refractivity contribution in [2.75, 3.05) is 17.2 Å². The van der Waals surface area contributed by atoms with Crippen LogP contribution in [0, 0.1) is 0 Å². The molecule has 0 aliphatic carbocycles. The quantitative estimate of drug-likeness (QED) is 0.790. The van der Waals surface area contributed by atoms with Crippen LogP contribution in [0.15, 0.2) is 48.5 Å². The lowest BCUT2D eigenvalue weighted by Crippen LogP contribution is -2.30. The van der Waals surface area contributed by atoms with Crippen molar-refractivity contribution in [2.24, 2.45) is 0 Å². The summed E-state index contributed by atoms with van der Waals surface area (Å²) in [7, 11) is 0. The molecule has 2 N–H and O–H groups in total. The fraction of sp³-hybridized carbons (Fsp3) is 0.0667. The maximum absolute atomic E-state index is 12.5. The molecule has 1 heterocycles. The molecule has 1 aliphatic rings. The number of carbonyl (C=O) groups excluding carboxylic acids is 2. The number of para-hydroxylation sites is 2. The third-order valence-corrected chi connectivity index (χ3v) is 3.23. The van der Waals surface area contributed by atoms with Gasteiger partial charge in [0.15, 0.2) is 5.78 Å². The third kappa shape index (κ3) is 1.78. The topological polar surface area (TPSA) is 63.4 Å². The summed E-state index contributed by atoms with van der Waals surface area (Å²) in [5.74, 6) is -0.283. The van der Waals surface area contributed by atoms with Crippen LogP contribution in [0.2, 0.25) is 0 Å². The number of hydrogen-bond acceptors (Lipinski definition) is 3. The van der Waals surface area contributed by atoms with Gasteiger partial charge < -0.3 is 5.73 Å². The van der Waals surface area contributed by atoms with Crippen LogP contribution in [-0.2, 0) is 0 Å². The molecule has 1 amide bonds. The van der Waals surface area contributed by atoms with E-state index in [1.54, 1.807) is 42.5 Å². The van der Waals surface area contributed by atoms with Gasteiger partial charge in [-0.3, -0.25) is 14.5 Å². The summed E-state index contributed by atoms with van der Waals surface area (Å²) in [6, 6.07) is 14.0. The van der Waals surface area contributed by atoms with Gasteiger partial charge in [0.1, 0.15) is 0 Å². The number of carbonyl (C=O) groups is 2. The zero-order chi connectivity index (χ0) is 13.4. The van der Waals surface area contributed by atoms with E-state index < -0.39 is 0 Å². The van der Waals surface area contributed by atoms with Crippen molar-refractivity contribution in [3.8, 4) is 0 Å². The average molecular weight is 252 g/mol. The molecule has 0 radical (unpaired) electrons. The Morgan fingerprint density at radius 1 is 1.05 bits per heavy atom. The minimum Gasteiger partial charge on any atom is -0.398 e. The Morgan fingerprint density at radius 2 is 1.74 bits per heavy atom. The standard InChI is InChI=1S/C15H12N2O2/c16-12-7-3-1-5-10(12)15(19)17-9-14(18)11-6-2-4-8-13(11)17/h1-8H,9,16H2. The van der Waals surface area contributed by atoms with E-state index in [1.807, 2.05) is 6.07 Å². The van der Waals surface area contributed by atoms with Crippen LogP contribution in [0.5, 0.6) is 0 Å². The minimum absolute atomic E-state index is 0.0431. The van der Waals surface area contributed by atoms with Gasteiger partial charge in [-0.2, -0.15) is 0 Å². The Bertz CT molecular complexity index is 679. The second kappa shape index (κ2) is 4.24. The number of nitrogens with two attached hydrogens (primary N) is 1. The molecule has 4 heteroatoms. The van der Waals surface area contributed by atoms with Crippen LogP contribution in [0.3, 0.4) is 0 Å². The second-order valence-corrected chi connectivity index (χ2v) is 4.42.